The van der Waals surface area contributed by atoms with E-state index in [2.05, 4.69) is 10.3 Å². The molecule has 2 aromatic rings. The van der Waals surface area contributed by atoms with Gasteiger partial charge in [-0.15, -0.1) is 0 Å². The van der Waals surface area contributed by atoms with Gasteiger partial charge in [0.15, 0.2) is 0 Å². The van der Waals surface area contributed by atoms with Gasteiger partial charge in [-0.2, -0.15) is 0 Å². The predicted molar refractivity (Wildman–Crippen MR) is 73.2 cm³/mol. The minimum absolute atomic E-state index is 0.0965. The van der Waals surface area contributed by atoms with Gasteiger partial charge < -0.3 is 20.3 Å². The number of carboxylic acid groups (broad SMARTS) is 1. The molecule has 6 heteroatoms. The first kappa shape index (κ1) is 13.7. The second kappa shape index (κ2) is 5.92. The highest BCUT2D eigenvalue weighted by Gasteiger charge is 2.09. The fraction of sp³-hybridized carbons (Fsp3) is 0.143. The summed E-state index contributed by atoms with van der Waals surface area (Å²) in [5.74, 6) is -0.355. The van der Waals surface area contributed by atoms with Gasteiger partial charge in [-0.1, -0.05) is 0 Å². The first-order valence-electron chi connectivity index (χ1n) is 5.89. The van der Waals surface area contributed by atoms with Crippen LogP contribution in [-0.4, -0.2) is 28.3 Å². The highest BCUT2D eigenvalue weighted by atomic mass is 16.5. The fourth-order valence-electron chi connectivity index (χ4n) is 1.69. The monoisotopic (exact) mass is 274 g/mol. The number of aromatic carboxylic acids is 1. The van der Waals surface area contributed by atoms with Gasteiger partial charge in [-0.25, -0.2) is 4.79 Å². The van der Waals surface area contributed by atoms with E-state index in [-0.39, 0.29) is 11.3 Å². The number of nitrogens with one attached hydrogen (secondary N) is 1. The summed E-state index contributed by atoms with van der Waals surface area (Å²) in [6.45, 7) is 0.389. The smallest absolute Gasteiger partial charge is 0.335 e. The van der Waals surface area contributed by atoms with Crippen molar-refractivity contribution in [1.82, 2.24) is 4.98 Å². The summed E-state index contributed by atoms with van der Waals surface area (Å²) in [7, 11) is 1.51. The normalized spacial score (nSPS) is 10.1. The van der Waals surface area contributed by atoms with Crippen LogP contribution in [0.5, 0.6) is 11.5 Å². The number of benzene rings is 1. The van der Waals surface area contributed by atoms with Crippen molar-refractivity contribution >= 4 is 11.7 Å². The Labute approximate surface area is 115 Å². The zero-order valence-corrected chi connectivity index (χ0v) is 10.8. The molecule has 0 saturated heterocycles. The molecule has 104 valence electrons. The molecule has 0 atom stereocenters. The van der Waals surface area contributed by atoms with Crippen LogP contribution in [-0.2, 0) is 6.54 Å². The lowest BCUT2D eigenvalue weighted by molar-refractivity contribution is 0.0697. The van der Waals surface area contributed by atoms with Gasteiger partial charge >= 0.3 is 5.97 Å². The van der Waals surface area contributed by atoms with Crippen molar-refractivity contribution in [2.75, 3.05) is 12.4 Å². The van der Waals surface area contributed by atoms with E-state index in [1.807, 2.05) is 0 Å². The van der Waals surface area contributed by atoms with E-state index in [1.165, 1.54) is 31.5 Å². The molecule has 6 nitrogen and oxygen atoms in total. The van der Waals surface area contributed by atoms with Crippen molar-refractivity contribution in [3.63, 3.8) is 0 Å². The Morgan fingerprint density at radius 2 is 2.15 bits per heavy atom. The molecule has 0 bridgehead atoms. The second-order valence-electron chi connectivity index (χ2n) is 4.08. The Balaban J connectivity index is 2.16. The van der Waals surface area contributed by atoms with E-state index in [0.29, 0.717) is 23.7 Å². The van der Waals surface area contributed by atoms with Gasteiger partial charge in [0.25, 0.3) is 0 Å². The van der Waals surface area contributed by atoms with E-state index < -0.39 is 5.97 Å². The molecule has 0 saturated carbocycles. The van der Waals surface area contributed by atoms with Crippen LogP contribution in [0.3, 0.4) is 0 Å². The van der Waals surface area contributed by atoms with Crippen LogP contribution in [0.2, 0.25) is 0 Å². The van der Waals surface area contributed by atoms with Crippen molar-refractivity contribution in [2.24, 2.45) is 0 Å². The second-order valence-corrected chi connectivity index (χ2v) is 4.08. The van der Waals surface area contributed by atoms with E-state index in [9.17, 15) is 4.79 Å². The molecule has 0 radical (unpaired) electrons. The Kier molecular flexibility index (Phi) is 4.05. The van der Waals surface area contributed by atoms with Crippen LogP contribution in [0.15, 0.2) is 36.5 Å². The van der Waals surface area contributed by atoms with Crippen molar-refractivity contribution in [2.45, 2.75) is 6.54 Å². The molecule has 0 fully saturated rings. The summed E-state index contributed by atoms with van der Waals surface area (Å²) in [6, 6.07) is 7.79. The summed E-state index contributed by atoms with van der Waals surface area (Å²) >= 11 is 0. The zero-order chi connectivity index (χ0) is 14.5. The number of methoxy groups -OCH3 is 1. The van der Waals surface area contributed by atoms with Crippen LogP contribution in [0, 0.1) is 0 Å². The Hall–Kier alpha value is -2.76. The quantitative estimate of drug-likeness (QED) is 0.773. The number of rotatable bonds is 5. The number of anilines is 1. The van der Waals surface area contributed by atoms with Crippen LogP contribution in [0.4, 0.5) is 5.69 Å². The van der Waals surface area contributed by atoms with Gasteiger partial charge in [0.2, 0.25) is 0 Å². The zero-order valence-electron chi connectivity index (χ0n) is 10.8. The third-order valence-corrected chi connectivity index (χ3v) is 2.72. The lowest BCUT2D eigenvalue weighted by atomic mass is 10.2. The van der Waals surface area contributed by atoms with Crippen LogP contribution in [0.1, 0.15) is 16.1 Å². The van der Waals surface area contributed by atoms with Crippen LogP contribution >= 0.6 is 0 Å². The lowest BCUT2D eigenvalue weighted by Gasteiger charge is -2.11. The number of hydrogen-bond acceptors (Lipinski definition) is 5. The first-order chi connectivity index (χ1) is 9.60. The third kappa shape index (κ3) is 3.17. The van der Waals surface area contributed by atoms with E-state index >= 15 is 0 Å². The average molecular weight is 274 g/mol. The standard InChI is InChI=1S/C14H14N2O4/c1-20-13-5-2-9(14(18)19)6-12(13)16-7-10-3-4-11(17)8-15-10/h2-6,8,16-17H,7H2,1H3,(H,18,19). The number of carbonyl (C=O) groups is 1. The molecular weight excluding hydrogens is 260 g/mol. The van der Waals surface area contributed by atoms with Crippen LogP contribution in [0.25, 0.3) is 0 Å². The molecule has 0 aliphatic rings. The maximum Gasteiger partial charge on any atom is 0.335 e. The molecule has 0 unspecified atom stereocenters. The van der Waals surface area contributed by atoms with Crippen molar-refractivity contribution < 1.29 is 19.7 Å². The summed E-state index contributed by atoms with van der Waals surface area (Å²) in [5.41, 5.74) is 1.46. The number of pyridine rings is 1. The topological polar surface area (TPSA) is 91.7 Å². The molecule has 1 aromatic heterocycles. The summed E-state index contributed by atoms with van der Waals surface area (Å²) in [6.07, 6.45) is 1.35. The summed E-state index contributed by atoms with van der Waals surface area (Å²) in [5, 5.41) is 21.2. The maximum atomic E-state index is 11.0. The number of aromatic hydroxyl groups is 1. The van der Waals surface area contributed by atoms with Gasteiger partial charge in [-0.05, 0) is 30.3 Å². The highest BCUT2D eigenvalue weighted by molar-refractivity contribution is 5.89. The van der Waals surface area contributed by atoms with Gasteiger partial charge in [0.1, 0.15) is 11.5 Å². The number of nitrogens with zero attached hydrogens (tertiary/aromatic N) is 1. The van der Waals surface area contributed by atoms with Gasteiger partial charge in [0, 0.05) is 0 Å². The average Bonchev–Trinajstić information content (AvgIpc) is 2.46. The molecule has 1 aromatic carbocycles. The molecule has 3 N–H and O–H groups in total. The molecule has 0 aliphatic carbocycles. The van der Waals surface area contributed by atoms with Gasteiger partial charge in [0.05, 0.1) is 36.8 Å². The number of ether oxygens (including phenoxy) is 1. The number of carboxylic acids is 1. The highest BCUT2D eigenvalue weighted by Crippen LogP contribution is 2.26. The summed E-state index contributed by atoms with van der Waals surface area (Å²) in [4.78, 5) is 15.0. The van der Waals surface area contributed by atoms with E-state index in [1.54, 1.807) is 12.1 Å². The Bertz CT molecular complexity index is 611. The van der Waals surface area contributed by atoms with E-state index in [4.69, 9.17) is 14.9 Å². The first-order valence-corrected chi connectivity index (χ1v) is 5.89. The minimum Gasteiger partial charge on any atom is -0.506 e. The third-order valence-electron chi connectivity index (χ3n) is 2.72. The van der Waals surface area contributed by atoms with E-state index in [0.717, 1.165) is 0 Å². The largest absolute Gasteiger partial charge is 0.506 e. The molecule has 0 aliphatic heterocycles. The SMILES string of the molecule is COc1ccc(C(=O)O)cc1NCc1ccc(O)cn1. The molecule has 1 heterocycles. The minimum atomic E-state index is -1.00. The van der Waals surface area contributed by atoms with Crippen molar-refractivity contribution in [3.8, 4) is 11.5 Å². The Morgan fingerprint density at radius 1 is 1.35 bits per heavy atom. The molecule has 20 heavy (non-hydrogen) atoms. The fourth-order valence-corrected chi connectivity index (χ4v) is 1.69. The molecule has 2 rings (SSSR count). The summed E-state index contributed by atoms with van der Waals surface area (Å²) < 4.78 is 5.17. The molecule has 0 amide bonds. The number of aromatic nitrogens is 1. The lowest BCUT2D eigenvalue weighted by Crippen LogP contribution is -2.05. The predicted octanol–water partition coefficient (Wildman–Crippen LogP) is 2.11. The number of hydrogen-bond donors (Lipinski definition) is 3. The molecular formula is C14H14N2O4. The maximum absolute atomic E-state index is 11.0. The van der Waals surface area contributed by atoms with Gasteiger partial charge in [-0.3, -0.25) is 4.98 Å². The van der Waals surface area contributed by atoms with Crippen LogP contribution < -0.4 is 10.1 Å². The van der Waals surface area contributed by atoms with Crippen molar-refractivity contribution in [3.05, 3.63) is 47.8 Å². The Morgan fingerprint density at radius 3 is 2.75 bits per heavy atom. The molecule has 0 spiro atoms. The van der Waals surface area contributed by atoms with Crippen molar-refractivity contribution in [1.29, 1.82) is 0 Å².